The summed E-state index contributed by atoms with van der Waals surface area (Å²) >= 11 is 0. The van der Waals surface area contributed by atoms with Crippen molar-refractivity contribution in [1.29, 1.82) is 0 Å². The normalized spacial score (nSPS) is 17.5. The van der Waals surface area contributed by atoms with Gasteiger partial charge in [-0.3, -0.25) is 0 Å². The SMILES string of the molecule is CNCc1cc(S(=O)(=O)NCC2CCCCC2)c(C)o1. The molecule has 0 aliphatic heterocycles. The van der Waals surface area contributed by atoms with E-state index in [1.807, 2.05) is 0 Å². The van der Waals surface area contributed by atoms with Crippen LogP contribution in [0.25, 0.3) is 0 Å². The van der Waals surface area contributed by atoms with Crippen molar-refractivity contribution in [2.24, 2.45) is 5.92 Å². The number of hydrogen-bond acceptors (Lipinski definition) is 4. The van der Waals surface area contributed by atoms with Crippen molar-refractivity contribution in [1.82, 2.24) is 10.0 Å². The molecule has 0 radical (unpaired) electrons. The highest BCUT2D eigenvalue weighted by Crippen LogP contribution is 2.24. The Bertz CT molecular complexity index is 531. The van der Waals surface area contributed by atoms with Gasteiger partial charge in [-0.2, -0.15) is 0 Å². The fourth-order valence-electron chi connectivity index (χ4n) is 2.75. The van der Waals surface area contributed by atoms with E-state index in [4.69, 9.17) is 4.42 Å². The second kappa shape index (κ2) is 6.74. The quantitative estimate of drug-likeness (QED) is 0.844. The Morgan fingerprint density at radius 1 is 1.30 bits per heavy atom. The third-order valence-corrected chi connectivity index (χ3v) is 5.38. The van der Waals surface area contributed by atoms with Crippen molar-refractivity contribution in [3.63, 3.8) is 0 Å². The molecular weight excluding hydrogens is 276 g/mol. The van der Waals surface area contributed by atoms with Gasteiger partial charge in [-0.05, 0) is 32.7 Å². The largest absolute Gasteiger partial charge is 0.464 e. The molecule has 2 rings (SSSR count). The van der Waals surface area contributed by atoms with Crippen LogP contribution in [-0.2, 0) is 16.6 Å². The minimum Gasteiger partial charge on any atom is -0.464 e. The molecule has 1 aromatic heterocycles. The maximum atomic E-state index is 12.3. The van der Waals surface area contributed by atoms with Crippen LogP contribution in [0.15, 0.2) is 15.4 Å². The van der Waals surface area contributed by atoms with Gasteiger partial charge in [0.15, 0.2) is 0 Å². The molecule has 0 saturated heterocycles. The van der Waals surface area contributed by atoms with Gasteiger partial charge in [0.2, 0.25) is 10.0 Å². The third-order valence-electron chi connectivity index (χ3n) is 3.85. The minimum atomic E-state index is -3.46. The van der Waals surface area contributed by atoms with E-state index in [9.17, 15) is 8.42 Å². The summed E-state index contributed by atoms with van der Waals surface area (Å²) in [6.07, 6.45) is 5.94. The van der Waals surface area contributed by atoms with Crippen molar-refractivity contribution >= 4 is 10.0 Å². The number of furan rings is 1. The number of aryl methyl sites for hydroxylation is 1. The molecule has 1 aliphatic carbocycles. The van der Waals surface area contributed by atoms with Crippen molar-refractivity contribution in [3.05, 3.63) is 17.6 Å². The van der Waals surface area contributed by atoms with Crippen LogP contribution >= 0.6 is 0 Å². The first-order valence-electron chi connectivity index (χ1n) is 7.26. The summed E-state index contributed by atoms with van der Waals surface area (Å²) in [5.41, 5.74) is 0. The highest BCUT2D eigenvalue weighted by Gasteiger charge is 2.23. The highest BCUT2D eigenvalue weighted by atomic mass is 32.2. The van der Waals surface area contributed by atoms with E-state index in [1.54, 1.807) is 20.0 Å². The Morgan fingerprint density at radius 3 is 2.65 bits per heavy atom. The van der Waals surface area contributed by atoms with Crippen molar-refractivity contribution < 1.29 is 12.8 Å². The molecule has 0 unspecified atom stereocenters. The lowest BCUT2D eigenvalue weighted by Gasteiger charge is -2.21. The molecule has 1 heterocycles. The summed E-state index contributed by atoms with van der Waals surface area (Å²) in [5, 5.41) is 2.95. The van der Waals surface area contributed by atoms with Crippen molar-refractivity contribution in [3.8, 4) is 0 Å². The molecule has 20 heavy (non-hydrogen) atoms. The first-order valence-corrected chi connectivity index (χ1v) is 8.75. The maximum Gasteiger partial charge on any atom is 0.244 e. The zero-order valence-electron chi connectivity index (χ0n) is 12.2. The minimum absolute atomic E-state index is 0.263. The Kier molecular flexibility index (Phi) is 5.23. The van der Waals surface area contributed by atoms with Crippen LogP contribution in [0.3, 0.4) is 0 Å². The summed E-state index contributed by atoms with van der Waals surface area (Å²) in [6.45, 7) is 2.75. The summed E-state index contributed by atoms with van der Waals surface area (Å²) in [7, 11) is -1.66. The number of hydrogen-bond donors (Lipinski definition) is 2. The molecule has 2 N–H and O–H groups in total. The number of nitrogens with one attached hydrogen (secondary N) is 2. The molecule has 5 nitrogen and oxygen atoms in total. The lowest BCUT2D eigenvalue weighted by molar-refractivity contribution is 0.357. The molecule has 0 atom stereocenters. The second-order valence-corrected chi connectivity index (χ2v) is 7.25. The van der Waals surface area contributed by atoms with Crippen LogP contribution in [-0.4, -0.2) is 22.0 Å². The van der Waals surface area contributed by atoms with Crippen LogP contribution in [0.4, 0.5) is 0 Å². The monoisotopic (exact) mass is 300 g/mol. The standard InChI is InChI=1S/C14H24N2O3S/c1-11-14(8-13(19-11)10-15-2)20(17,18)16-9-12-6-4-3-5-7-12/h8,12,15-16H,3-7,9-10H2,1-2H3. The van der Waals surface area contributed by atoms with Gasteiger partial charge in [-0.1, -0.05) is 19.3 Å². The molecule has 6 heteroatoms. The van der Waals surface area contributed by atoms with E-state index in [1.165, 1.54) is 19.3 Å². The lowest BCUT2D eigenvalue weighted by Crippen LogP contribution is -2.30. The second-order valence-electron chi connectivity index (χ2n) is 5.52. The predicted molar refractivity (Wildman–Crippen MR) is 78.0 cm³/mol. The van der Waals surface area contributed by atoms with E-state index >= 15 is 0 Å². The van der Waals surface area contributed by atoms with E-state index in [0.29, 0.717) is 30.5 Å². The van der Waals surface area contributed by atoms with Gasteiger partial charge < -0.3 is 9.73 Å². The fourth-order valence-corrected chi connectivity index (χ4v) is 4.07. The first kappa shape index (κ1) is 15.5. The van der Waals surface area contributed by atoms with Crippen LogP contribution in [0.2, 0.25) is 0 Å². The average Bonchev–Trinajstić information content (AvgIpc) is 2.80. The average molecular weight is 300 g/mol. The van der Waals surface area contributed by atoms with Gasteiger partial charge in [-0.25, -0.2) is 13.1 Å². The molecule has 0 aromatic carbocycles. The first-order chi connectivity index (χ1) is 9.53. The van der Waals surface area contributed by atoms with E-state index < -0.39 is 10.0 Å². The zero-order valence-corrected chi connectivity index (χ0v) is 13.1. The molecular formula is C14H24N2O3S. The van der Waals surface area contributed by atoms with Crippen LogP contribution in [0.5, 0.6) is 0 Å². The fraction of sp³-hybridized carbons (Fsp3) is 0.714. The van der Waals surface area contributed by atoms with Gasteiger partial charge >= 0.3 is 0 Å². The highest BCUT2D eigenvalue weighted by molar-refractivity contribution is 7.89. The Hall–Kier alpha value is -0.850. The topological polar surface area (TPSA) is 71.3 Å². The van der Waals surface area contributed by atoms with Crippen LogP contribution in [0, 0.1) is 12.8 Å². The van der Waals surface area contributed by atoms with E-state index in [2.05, 4.69) is 10.0 Å². The Balaban J connectivity index is 2.01. The molecule has 1 fully saturated rings. The summed E-state index contributed by atoms with van der Waals surface area (Å²) in [6, 6.07) is 1.61. The lowest BCUT2D eigenvalue weighted by atomic mass is 9.90. The maximum absolute atomic E-state index is 12.3. The van der Waals surface area contributed by atoms with Gasteiger partial charge in [0.1, 0.15) is 16.4 Å². The Labute approximate surface area is 121 Å². The van der Waals surface area contributed by atoms with E-state index in [-0.39, 0.29) is 4.90 Å². The Morgan fingerprint density at radius 2 is 2.00 bits per heavy atom. The molecule has 0 bridgehead atoms. The molecule has 1 aliphatic rings. The number of rotatable bonds is 6. The van der Waals surface area contributed by atoms with Gasteiger partial charge in [-0.15, -0.1) is 0 Å². The molecule has 0 amide bonds. The predicted octanol–water partition coefficient (Wildman–Crippen LogP) is 2.17. The smallest absolute Gasteiger partial charge is 0.244 e. The summed E-state index contributed by atoms with van der Waals surface area (Å²) in [4.78, 5) is 0.263. The molecule has 1 aromatic rings. The molecule has 114 valence electrons. The van der Waals surface area contributed by atoms with Crippen LogP contribution < -0.4 is 10.0 Å². The van der Waals surface area contributed by atoms with Gasteiger partial charge in [0, 0.05) is 12.6 Å². The van der Waals surface area contributed by atoms with Crippen molar-refractivity contribution in [2.45, 2.75) is 50.5 Å². The van der Waals surface area contributed by atoms with Crippen molar-refractivity contribution in [2.75, 3.05) is 13.6 Å². The van der Waals surface area contributed by atoms with E-state index in [0.717, 1.165) is 12.8 Å². The van der Waals surface area contributed by atoms with Crippen LogP contribution in [0.1, 0.15) is 43.6 Å². The van der Waals surface area contributed by atoms with Gasteiger partial charge in [0.05, 0.1) is 6.54 Å². The summed E-state index contributed by atoms with van der Waals surface area (Å²) < 4.78 is 32.8. The van der Waals surface area contributed by atoms with Gasteiger partial charge in [0.25, 0.3) is 0 Å². The molecule has 1 saturated carbocycles. The zero-order chi connectivity index (χ0) is 14.6. The number of sulfonamides is 1. The molecule has 0 spiro atoms. The summed E-state index contributed by atoms with van der Waals surface area (Å²) in [5.74, 6) is 1.57. The third kappa shape index (κ3) is 3.84.